The fourth-order valence-electron chi connectivity index (χ4n) is 2.98. The minimum atomic E-state index is -0.737. The fraction of sp³-hybridized carbons (Fsp3) is 0.833. The maximum Gasteiger partial charge on any atom is 0.303 e. The molecule has 0 spiro atoms. The average Bonchev–Trinajstić information content (AvgIpc) is 2.81. The van der Waals surface area contributed by atoms with Gasteiger partial charge in [-0.1, -0.05) is 25.7 Å². The summed E-state index contributed by atoms with van der Waals surface area (Å²) < 4.78 is 16.3. The molecule has 0 saturated heterocycles. The Morgan fingerprint density at radius 1 is 0.588 bits per heavy atom. The van der Waals surface area contributed by atoms with E-state index in [0.29, 0.717) is 65.6 Å². The van der Waals surface area contributed by atoms with Gasteiger partial charge in [0.15, 0.2) is 0 Å². The van der Waals surface area contributed by atoms with Crippen LogP contribution in [0.15, 0.2) is 0 Å². The topological polar surface area (TPSA) is 140 Å². The molecule has 2 amide bonds. The molecule has 0 aromatic carbocycles. The third-order valence-corrected chi connectivity index (χ3v) is 4.85. The molecule has 0 heterocycles. The van der Waals surface area contributed by atoms with E-state index in [0.717, 1.165) is 51.2 Å². The van der Waals surface area contributed by atoms with Crippen LogP contribution < -0.4 is 10.6 Å². The summed E-state index contributed by atoms with van der Waals surface area (Å²) in [6.07, 6.45) is 9.04. The number of carbonyl (C=O) groups excluding carboxylic acids is 3. The highest BCUT2D eigenvalue weighted by molar-refractivity contribution is 5.78. The van der Waals surface area contributed by atoms with E-state index in [1.165, 1.54) is 0 Å². The summed E-state index contributed by atoms with van der Waals surface area (Å²) in [7, 11) is 0. The van der Waals surface area contributed by atoms with Crippen LogP contribution in [0, 0.1) is 0 Å². The summed E-state index contributed by atoms with van der Waals surface area (Å²) in [5.74, 6) is -0.791. The molecule has 10 heteroatoms. The van der Waals surface area contributed by atoms with Gasteiger partial charge >= 0.3 is 5.97 Å². The van der Waals surface area contributed by atoms with Crippen LogP contribution >= 0.6 is 0 Å². The zero-order valence-corrected chi connectivity index (χ0v) is 20.5. The van der Waals surface area contributed by atoms with Gasteiger partial charge in [-0.05, 0) is 25.7 Å². The molecular formula is C24H44N2O8. The van der Waals surface area contributed by atoms with Crippen molar-refractivity contribution in [2.45, 2.75) is 77.0 Å². The molecule has 0 aliphatic heterocycles. The Bertz CT molecular complexity index is 531. The standard InChI is InChI=1S/C24H44N2O8/c27-15-7-11-23(29)26-14-9-17-33-19-21-34-20-18-32-16-8-13-25-22(28)10-5-3-1-2-4-6-12-24(30)31/h15H,1-14,16-21H2,(H,25,28)(H,26,29)(H,30,31). The third kappa shape index (κ3) is 26.2. The maximum atomic E-state index is 11.8. The van der Waals surface area contributed by atoms with Crippen molar-refractivity contribution < 1.29 is 38.5 Å². The molecule has 0 aromatic rings. The van der Waals surface area contributed by atoms with E-state index in [4.69, 9.17) is 19.3 Å². The second-order valence-corrected chi connectivity index (χ2v) is 7.96. The first-order valence-electron chi connectivity index (χ1n) is 12.5. The number of carbonyl (C=O) groups is 4. The first-order valence-corrected chi connectivity index (χ1v) is 12.5. The van der Waals surface area contributed by atoms with E-state index in [1.807, 2.05) is 0 Å². The van der Waals surface area contributed by atoms with Crippen molar-refractivity contribution in [2.75, 3.05) is 52.7 Å². The van der Waals surface area contributed by atoms with Gasteiger partial charge in [-0.2, -0.15) is 0 Å². The van der Waals surface area contributed by atoms with Gasteiger partial charge in [-0.15, -0.1) is 0 Å². The Morgan fingerprint density at radius 2 is 1.03 bits per heavy atom. The highest BCUT2D eigenvalue weighted by atomic mass is 16.5. The number of rotatable bonds is 26. The van der Waals surface area contributed by atoms with E-state index in [2.05, 4.69) is 10.6 Å². The number of carboxylic acid groups (broad SMARTS) is 1. The molecule has 0 rings (SSSR count). The molecule has 0 bridgehead atoms. The van der Waals surface area contributed by atoms with Gasteiger partial charge in [0.2, 0.25) is 11.8 Å². The second kappa shape index (κ2) is 25.6. The average molecular weight is 489 g/mol. The lowest BCUT2D eigenvalue weighted by Crippen LogP contribution is -2.25. The van der Waals surface area contributed by atoms with Gasteiger partial charge in [0.25, 0.3) is 0 Å². The summed E-state index contributed by atoms with van der Waals surface area (Å²) in [5.41, 5.74) is 0. The van der Waals surface area contributed by atoms with Crippen molar-refractivity contribution >= 4 is 24.1 Å². The Balaban J connectivity index is 3.20. The first kappa shape index (κ1) is 32.0. The lowest BCUT2D eigenvalue weighted by atomic mass is 10.1. The molecule has 3 N–H and O–H groups in total. The van der Waals surface area contributed by atoms with Gasteiger partial charge in [0.1, 0.15) is 6.29 Å². The Labute approximate surface area is 203 Å². The third-order valence-electron chi connectivity index (χ3n) is 4.85. The minimum Gasteiger partial charge on any atom is -0.481 e. The Hall–Kier alpha value is -2.04. The molecule has 0 radical (unpaired) electrons. The molecule has 0 atom stereocenters. The van der Waals surface area contributed by atoms with Crippen molar-refractivity contribution in [1.29, 1.82) is 0 Å². The number of ether oxygens (including phenoxy) is 3. The van der Waals surface area contributed by atoms with Crippen LogP contribution in [0.4, 0.5) is 0 Å². The Kier molecular flexibility index (Phi) is 24.0. The summed E-state index contributed by atoms with van der Waals surface area (Å²) in [6.45, 7) is 4.17. The van der Waals surface area contributed by atoms with E-state index in [1.54, 1.807) is 0 Å². The number of hydrogen-bond acceptors (Lipinski definition) is 7. The molecule has 0 aliphatic carbocycles. The van der Waals surface area contributed by atoms with Crippen molar-refractivity contribution in [3.63, 3.8) is 0 Å². The minimum absolute atomic E-state index is 0.0643. The van der Waals surface area contributed by atoms with Crippen molar-refractivity contribution in [1.82, 2.24) is 10.6 Å². The van der Waals surface area contributed by atoms with Crippen LogP contribution in [0.5, 0.6) is 0 Å². The molecule has 0 aromatic heterocycles. The first-order chi connectivity index (χ1) is 16.6. The van der Waals surface area contributed by atoms with Gasteiger partial charge in [0.05, 0.1) is 26.4 Å². The number of unbranched alkanes of at least 4 members (excludes halogenated alkanes) is 5. The number of nitrogens with one attached hydrogen (secondary N) is 2. The zero-order valence-electron chi connectivity index (χ0n) is 20.5. The van der Waals surface area contributed by atoms with E-state index >= 15 is 0 Å². The summed E-state index contributed by atoms with van der Waals surface area (Å²) in [4.78, 5) is 43.6. The number of hydrogen-bond donors (Lipinski definition) is 3. The zero-order chi connectivity index (χ0) is 25.1. The van der Waals surface area contributed by atoms with Crippen LogP contribution in [-0.2, 0) is 33.4 Å². The molecule has 0 unspecified atom stereocenters. The maximum absolute atomic E-state index is 11.8. The number of amides is 2. The van der Waals surface area contributed by atoms with Crippen molar-refractivity contribution in [3.05, 3.63) is 0 Å². The van der Waals surface area contributed by atoms with Crippen LogP contribution in [0.3, 0.4) is 0 Å². The largest absolute Gasteiger partial charge is 0.481 e. The van der Waals surface area contributed by atoms with Gasteiger partial charge in [-0.25, -0.2) is 0 Å². The molecule has 0 saturated carbocycles. The normalized spacial score (nSPS) is 10.7. The summed E-state index contributed by atoms with van der Waals surface area (Å²) >= 11 is 0. The number of carboxylic acids is 1. The van der Waals surface area contributed by atoms with E-state index in [-0.39, 0.29) is 31.1 Å². The fourth-order valence-corrected chi connectivity index (χ4v) is 2.98. The van der Waals surface area contributed by atoms with Gasteiger partial charge in [0, 0.05) is 52.0 Å². The summed E-state index contributed by atoms with van der Waals surface area (Å²) in [6, 6.07) is 0. The van der Waals surface area contributed by atoms with Crippen LogP contribution in [0.25, 0.3) is 0 Å². The van der Waals surface area contributed by atoms with Crippen molar-refractivity contribution in [3.8, 4) is 0 Å². The van der Waals surface area contributed by atoms with E-state index in [9.17, 15) is 19.2 Å². The lowest BCUT2D eigenvalue weighted by Gasteiger charge is -2.08. The van der Waals surface area contributed by atoms with Gasteiger partial charge < -0.3 is 34.7 Å². The number of aliphatic carboxylic acids is 1. The van der Waals surface area contributed by atoms with Gasteiger partial charge in [-0.3, -0.25) is 14.4 Å². The van der Waals surface area contributed by atoms with Crippen LogP contribution in [-0.4, -0.2) is 81.9 Å². The monoisotopic (exact) mass is 488 g/mol. The summed E-state index contributed by atoms with van der Waals surface area (Å²) in [5, 5.41) is 14.2. The van der Waals surface area contributed by atoms with Crippen LogP contribution in [0.1, 0.15) is 77.0 Å². The highest BCUT2D eigenvalue weighted by Crippen LogP contribution is 2.08. The molecule has 10 nitrogen and oxygen atoms in total. The molecular weight excluding hydrogens is 444 g/mol. The second-order valence-electron chi connectivity index (χ2n) is 7.96. The molecule has 0 fully saturated rings. The predicted octanol–water partition coefficient (Wildman–Crippen LogP) is 2.23. The van der Waals surface area contributed by atoms with Crippen molar-refractivity contribution in [2.24, 2.45) is 0 Å². The lowest BCUT2D eigenvalue weighted by molar-refractivity contribution is -0.137. The number of aldehydes is 1. The molecule has 0 aliphatic rings. The quantitative estimate of drug-likeness (QED) is 0.124. The smallest absolute Gasteiger partial charge is 0.303 e. The van der Waals surface area contributed by atoms with Crippen LogP contribution in [0.2, 0.25) is 0 Å². The SMILES string of the molecule is O=CCCC(=O)NCCCOCCOCCOCCCNC(=O)CCCCCCCCC(=O)O. The van der Waals surface area contributed by atoms with E-state index < -0.39 is 5.97 Å². The molecule has 198 valence electrons. The Morgan fingerprint density at radius 3 is 1.53 bits per heavy atom. The molecule has 34 heavy (non-hydrogen) atoms. The highest BCUT2D eigenvalue weighted by Gasteiger charge is 2.02. The predicted molar refractivity (Wildman–Crippen MR) is 128 cm³/mol.